The summed E-state index contributed by atoms with van der Waals surface area (Å²) < 4.78 is 51.4. The number of para-hydroxylation sites is 1. The molecule has 0 atom stereocenters. The molecule has 1 heterocycles. The van der Waals surface area contributed by atoms with E-state index in [0.717, 1.165) is 12.1 Å². The number of hydrogen-bond donors (Lipinski definition) is 2. The van der Waals surface area contributed by atoms with Crippen molar-refractivity contribution in [1.29, 1.82) is 0 Å². The number of amides is 1. The molecule has 138 valence electrons. The average molecular weight is 375 g/mol. The number of halogens is 4. The van der Waals surface area contributed by atoms with Gasteiger partial charge >= 0.3 is 6.18 Å². The predicted octanol–water partition coefficient (Wildman–Crippen LogP) is 5.24. The topological polar surface area (TPSA) is 54.0 Å². The molecule has 0 aliphatic rings. The van der Waals surface area contributed by atoms with Crippen LogP contribution in [0.1, 0.15) is 16.1 Å². The zero-order valence-electron chi connectivity index (χ0n) is 13.7. The highest BCUT2D eigenvalue weighted by molar-refractivity contribution is 6.03. The Balaban J connectivity index is 1.73. The second kappa shape index (κ2) is 7.45. The van der Waals surface area contributed by atoms with E-state index in [2.05, 4.69) is 15.6 Å². The monoisotopic (exact) mass is 375 g/mol. The molecule has 1 amide bonds. The van der Waals surface area contributed by atoms with E-state index in [1.807, 2.05) is 0 Å². The Bertz CT molecular complexity index is 956. The van der Waals surface area contributed by atoms with Gasteiger partial charge in [-0.1, -0.05) is 12.1 Å². The van der Waals surface area contributed by atoms with Gasteiger partial charge in [-0.15, -0.1) is 0 Å². The van der Waals surface area contributed by atoms with Crippen molar-refractivity contribution in [2.24, 2.45) is 0 Å². The number of hydrogen-bond acceptors (Lipinski definition) is 3. The minimum atomic E-state index is -4.41. The molecule has 0 saturated carbocycles. The van der Waals surface area contributed by atoms with Gasteiger partial charge < -0.3 is 10.6 Å². The molecule has 3 aromatic rings. The first-order chi connectivity index (χ1) is 12.8. The Labute approximate surface area is 151 Å². The molecule has 4 nitrogen and oxygen atoms in total. The lowest BCUT2D eigenvalue weighted by Crippen LogP contribution is -2.14. The fourth-order valence-electron chi connectivity index (χ4n) is 2.29. The maximum Gasteiger partial charge on any atom is 0.416 e. The average Bonchev–Trinajstić information content (AvgIpc) is 2.63. The highest BCUT2D eigenvalue weighted by Crippen LogP contribution is 2.30. The lowest BCUT2D eigenvalue weighted by atomic mass is 10.2. The first-order valence-corrected chi connectivity index (χ1v) is 7.79. The van der Waals surface area contributed by atoms with Gasteiger partial charge in [0, 0.05) is 17.6 Å². The second-order valence-electron chi connectivity index (χ2n) is 5.56. The minimum absolute atomic E-state index is 0.0189. The quantitative estimate of drug-likeness (QED) is 0.614. The third-order valence-corrected chi connectivity index (χ3v) is 3.62. The first kappa shape index (κ1) is 18.4. The molecular formula is C19H13F4N3O. The SMILES string of the molecule is O=C(Nc1ccccc1F)c1cc(Nc2ccc(C(F)(F)F)cc2)ccn1. The van der Waals surface area contributed by atoms with Gasteiger partial charge in [-0.3, -0.25) is 9.78 Å². The van der Waals surface area contributed by atoms with Crippen molar-refractivity contribution in [2.75, 3.05) is 10.6 Å². The van der Waals surface area contributed by atoms with Crippen LogP contribution in [-0.4, -0.2) is 10.9 Å². The number of rotatable bonds is 4. The van der Waals surface area contributed by atoms with E-state index >= 15 is 0 Å². The van der Waals surface area contributed by atoms with Crippen LogP contribution in [0.3, 0.4) is 0 Å². The second-order valence-corrected chi connectivity index (χ2v) is 5.56. The molecule has 27 heavy (non-hydrogen) atoms. The molecule has 3 rings (SSSR count). The molecule has 0 radical (unpaired) electrons. The number of nitrogens with zero attached hydrogens (tertiary/aromatic N) is 1. The Morgan fingerprint density at radius 2 is 1.63 bits per heavy atom. The van der Waals surface area contributed by atoms with Crippen LogP contribution in [-0.2, 0) is 6.18 Å². The first-order valence-electron chi connectivity index (χ1n) is 7.79. The standard InChI is InChI=1S/C19H13F4N3O/c20-15-3-1-2-4-16(15)26-18(27)17-11-14(9-10-24-17)25-13-7-5-12(6-8-13)19(21,22)23/h1-11H,(H,24,25)(H,26,27). The van der Waals surface area contributed by atoms with Crippen LogP contribution in [0, 0.1) is 5.82 Å². The Morgan fingerprint density at radius 3 is 2.30 bits per heavy atom. The molecule has 2 aromatic carbocycles. The summed E-state index contributed by atoms with van der Waals surface area (Å²) in [6.07, 6.45) is -3.05. The Hall–Kier alpha value is -3.42. The van der Waals surface area contributed by atoms with Crippen LogP contribution in [0.5, 0.6) is 0 Å². The zero-order chi connectivity index (χ0) is 19.4. The molecule has 2 N–H and O–H groups in total. The van der Waals surface area contributed by atoms with Gasteiger partial charge in [-0.25, -0.2) is 4.39 Å². The fraction of sp³-hybridized carbons (Fsp3) is 0.0526. The van der Waals surface area contributed by atoms with Crippen molar-refractivity contribution in [1.82, 2.24) is 4.98 Å². The van der Waals surface area contributed by atoms with Crippen molar-refractivity contribution in [2.45, 2.75) is 6.18 Å². The molecule has 0 saturated heterocycles. The highest BCUT2D eigenvalue weighted by atomic mass is 19.4. The summed E-state index contributed by atoms with van der Waals surface area (Å²) in [6.45, 7) is 0. The van der Waals surface area contributed by atoms with Crippen molar-refractivity contribution in [3.63, 3.8) is 0 Å². The van der Waals surface area contributed by atoms with E-state index in [-0.39, 0.29) is 11.4 Å². The van der Waals surface area contributed by atoms with Gasteiger partial charge in [0.15, 0.2) is 0 Å². The lowest BCUT2D eigenvalue weighted by Gasteiger charge is -2.10. The Kier molecular flexibility index (Phi) is 5.07. The smallest absolute Gasteiger partial charge is 0.355 e. The molecule has 0 bridgehead atoms. The van der Waals surface area contributed by atoms with Crippen LogP contribution in [0.15, 0.2) is 66.9 Å². The van der Waals surface area contributed by atoms with Gasteiger partial charge in [-0.05, 0) is 48.5 Å². The molecule has 0 spiro atoms. The van der Waals surface area contributed by atoms with Gasteiger partial charge in [0.1, 0.15) is 11.5 Å². The molecule has 8 heteroatoms. The molecule has 0 aliphatic carbocycles. The summed E-state index contributed by atoms with van der Waals surface area (Å²) in [7, 11) is 0. The predicted molar refractivity (Wildman–Crippen MR) is 93.3 cm³/mol. The van der Waals surface area contributed by atoms with Crippen LogP contribution in [0.25, 0.3) is 0 Å². The van der Waals surface area contributed by atoms with E-state index in [1.54, 1.807) is 12.1 Å². The van der Waals surface area contributed by atoms with Crippen molar-refractivity contribution in [3.8, 4) is 0 Å². The number of alkyl halides is 3. The largest absolute Gasteiger partial charge is 0.416 e. The third kappa shape index (κ3) is 4.60. The molecule has 1 aromatic heterocycles. The highest BCUT2D eigenvalue weighted by Gasteiger charge is 2.29. The number of carbonyl (C=O) groups is 1. The molecular weight excluding hydrogens is 362 g/mol. The number of anilines is 3. The summed E-state index contributed by atoms with van der Waals surface area (Å²) in [6, 6.07) is 13.1. The normalized spacial score (nSPS) is 11.1. The summed E-state index contributed by atoms with van der Waals surface area (Å²) >= 11 is 0. The van der Waals surface area contributed by atoms with E-state index in [0.29, 0.717) is 11.4 Å². The number of carbonyl (C=O) groups excluding carboxylic acids is 1. The minimum Gasteiger partial charge on any atom is -0.355 e. The third-order valence-electron chi connectivity index (χ3n) is 3.62. The van der Waals surface area contributed by atoms with E-state index in [4.69, 9.17) is 0 Å². The molecule has 0 fully saturated rings. The van der Waals surface area contributed by atoms with E-state index in [9.17, 15) is 22.4 Å². The van der Waals surface area contributed by atoms with E-state index < -0.39 is 23.5 Å². The van der Waals surface area contributed by atoms with Gasteiger partial charge in [0.2, 0.25) is 0 Å². The van der Waals surface area contributed by atoms with Gasteiger partial charge in [0.25, 0.3) is 5.91 Å². The van der Waals surface area contributed by atoms with Crippen LogP contribution in [0.2, 0.25) is 0 Å². The van der Waals surface area contributed by atoms with Crippen molar-refractivity contribution >= 4 is 23.0 Å². The summed E-state index contributed by atoms with van der Waals surface area (Å²) in [5.74, 6) is -1.19. The van der Waals surface area contributed by atoms with Crippen LogP contribution in [0.4, 0.5) is 34.6 Å². The number of benzene rings is 2. The van der Waals surface area contributed by atoms with Crippen molar-refractivity contribution < 1.29 is 22.4 Å². The van der Waals surface area contributed by atoms with Crippen LogP contribution < -0.4 is 10.6 Å². The molecule has 0 unspecified atom stereocenters. The van der Waals surface area contributed by atoms with Gasteiger partial charge in [0.05, 0.1) is 11.3 Å². The van der Waals surface area contributed by atoms with E-state index in [1.165, 1.54) is 42.6 Å². The maximum absolute atomic E-state index is 13.6. The lowest BCUT2D eigenvalue weighted by molar-refractivity contribution is -0.137. The van der Waals surface area contributed by atoms with Crippen molar-refractivity contribution in [3.05, 3.63) is 83.9 Å². The number of nitrogens with one attached hydrogen (secondary N) is 2. The molecule has 0 aliphatic heterocycles. The summed E-state index contributed by atoms with van der Waals surface area (Å²) in [5, 5.41) is 5.30. The van der Waals surface area contributed by atoms with Gasteiger partial charge in [-0.2, -0.15) is 13.2 Å². The van der Waals surface area contributed by atoms with Crippen LogP contribution >= 0.6 is 0 Å². The summed E-state index contributed by atoms with van der Waals surface area (Å²) in [5.41, 5.74) is 0.145. The number of aromatic nitrogens is 1. The maximum atomic E-state index is 13.6. The summed E-state index contributed by atoms with van der Waals surface area (Å²) in [4.78, 5) is 16.2. The number of pyridine rings is 1. The Morgan fingerprint density at radius 1 is 0.926 bits per heavy atom. The zero-order valence-corrected chi connectivity index (χ0v) is 13.7. The fourth-order valence-corrected chi connectivity index (χ4v) is 2.29.